The summed E-state index contributed by atoms with van der Waals surface area (Å²) in [7, 11) is 0. The van der Waals surface area contributed by atoms with E-state index in [1.165, 1.54) is 4.57 Å². The molecule has 0 aliphatic carbocycles. The van der Waals surface area contributed by atoms with Crippen molar-refractivity contribution in [3.63, 3.8) is 0 Å². The molecule has 2 aromatic rings. The normalized spacial score (nSPS) is 10.5. The van der Waals surface area contributed by atoms with E-state index in [9.17, 15) is 0 Å². The number of hydrogen-bond donors (Lipinski definition) is 0. The molecular weight excluding hydrogens is 104 g/mol. The zero-order chi connectivity index (χ0) is 5.40. The quantitative estimate of drug-likeness (QED) is 0.490. The van der Waals surface area contributed by atoms with E-state index in [0.29, 0.717) is 0 Å². The Balaban J connectivity index is 3.06. The van der Waals surface area contributed by atoms with E-state index in [1.807, 2.05) is 0 Å². The van der Waals surface area contributed by atoms with Crippen LogP contribution in [0.4, 0.5) is 0 Å². The fraction of sp³-hybridized carbons (Fsp3) is 0. The van der Waals surface area contributed by atoms with Gasteiger partial charge in [-0.1, -0.05) is 0 Å². The molecule has 0 aliphatic rings. The first-order valence-electron chi connectivity index (χ1n) is 2.18. The van der Waals surface area contributed by atoms with Gasteiger partial charge < -0.3 is 4.52 Å². The molecule has 2 aromatic heterocycles. The first-order chi connectivity index (χ1) is 3.97. The summed E-state index contributed by atoms with van der Waals surface area (Å²) in [6, 6.07) is 1.65. The summed E-state index contributed by atoms with van der Waals surface area (Å²) >= 11 is 0. The molecule has 0 atom stereocenters. The summed E-state index contributed by atoms with van der Waals surface area (Å²) in [6.07, 6.45) is 6.74. The lowest BCUT2D eigenvalue weighted by molar-refractivity contribution is 0.371. The van der Waals surface area contributed by atoms with Crippen molar-refractivity contribution in [2.45, 2.75) is 0 Å². The van der Waals surface area contributed by atoms with Crippen LogP contribution in [0.2, 0.25) is 0 Å². The number of imidazole rings is 1. The van der Waals surface area contributed by atoms with Crippen LogP contribution in [-0.2, 0) is 0 Å². The molecular formula is C5H2N2O. The van der Waals surface area contributed by atoms with Crippen LogP contribution in [0.1, 0.15) is 0 Å². The van der Waals surface area contributed by atoms with E-state index in [2.05, 4.69) is 17.4 Å². The van der Waals surface area contributed by atoms with E-state index in [0.717, 1.165) is 5.65 Å². The van der Waals surface area contributed by atoms with Gasteiger partial charge in [-0.15, -0.1) is 0 Å². The standard InChI is InChI=1S/C5H2N2O/c1-4-8-7-3-2-6-5(1)7/h1,3H. The third kappa shape index (κ3) is 0.307. The number of aromatic nitrogens is 2. The molecule has 0 saturated carbocycles. The van der Waals surface area contributed by atoms with Gasteiger partial charge in [0.1, 0.15) is 6.20 Å². The van der Waals surface area contributed by atoms with Crippen LogP contribution < -0.4 is 0 Å². The maximum Gasteiger partial charge on any atom is 0.205 e. The van der Waals surface area contributed by atoms with Crippen molar-refractivity contribution in [3.05, 3.63) is 24.7 Å². The second-order valence-corrected chi connectivity index (χ2v) is 1.41. The average Bonchev–Trinajstić information content (AvgIpc) is 2.15. The highest BCUT2D eigenvalue weighted by Crippen LogP contribution is 1.96. The van der Waals surface area contributed by atoms with Crippen LogP contribution in [0.25, 0.3) is 5.65 Å². The van der Waals surface area contributed by atoms with Crippen molar-refractivity contribution < 1.29 is 4.52 Å². The molecule has 0 saturated heterocycles. The SMILES string of the molecule is [c]1cn2o[c]cc2n1. The van der Waals surface area contributed by atoms with Crippen molar-refractivity contribution in [1.29, 1.82) is 0 Å². The van der Waals surface area contributed by atoms with Gasteiger partial charge in [-0.25, -0.2) is 4.98 Å². The molecule has 2 radical (unpaired) electrons. The van der Waals surface area contributed by atoms with E-state index < -0.39 is 0 Å². The molecule has 0 amide bonds. The maximum absolute atomic E-state index is 4.76. The van der Waals surface area contributed by atoms with E-state index >= 15 is 0 Å². The molecule has 3 heteroatoms. The predicted molar refractivity (Wildman–Crippen MR) is 25.1 cm³/mol. The van der Waals surface area contributed by atoms with Gasteiger partial charge in [0, 0.05) is 6.07 Å². The molecule has 0 spiro atoms. The van der Waals surface area contributed by atoms with Crippen molar-refractivity contribution in [3.8, 4) is 0 Å². The second-order valence-electron chi connectivity index (χ2n) is 1.41. The smallest absolute Gasteiger partial charge is 0.205 e. The number of nitrogens with zero attached hydrogens (tertiary/aromatic N) is 2. The lowest BCUT2D eigenvalue weighted by Gasteiger charge is -1.71. The summed E-state index contributed by atoms with van der Waals surface area (Å²) < 4.78 is 6.24. The Morgan fingerprint density at radius 1 is 1.75 bits per heavy atom. The number of fused-ring (bicyclic) bond motifs is 1. The van der Waals surface area contributed by atoms with Gasteiger partial charge in [0.25, 0.3) is 0 Å². The van der Waals surface area contributed by atoms with E-state index in [1.54, 1.807) is 12.3 Å². The van der Waals surface area contributed by atoms with Gasteiger partial charge in [-0.2, -0.15) is 4.57 Å². The summed E-state index contributed by atoms with van der Waals surface area (Å²) in [6.45, 7) is 0. The fourth-order valence-corrected chi connectivity index (χ4v) is 0.568. The molecule has 3 nitrogen and oxygen atoms in total. The Kier molecular flexibility index (Phi) is 0.521. The molecule has 0 unspecified atom stereocenters. The molecule has 0 fully saturated rings. The van der Waals surface area contributed by atoms with Crippen molar-refractivity contribution >= 4 is 5.65 Å². The lowest BCUT2D eigenvalue weighted by atomic mass is 10.7. The molecule has 8 heavy (non-hydrogen) atoms. The van der Waals surface area contributed by atoms with E-state index in [-0.39, 0.29) is 0 Å². The predicted octanol–water partition coefficient (Wildman–Crippen LogP) is 0.528. The highest BCUT2D eigenvalue weighted by atomic mass is 16.5. The van der Waals surface area contributed by atoms with Crippen LogP contribution in [0.3, 0.4) is 0 Å². The molecule has 0 N–H and O–H groups in total. The molecule has 0 aromatic carbocycles. The zero-order valence-electron chi connectivity index (χ0n) is 3.96. The molecule has 0 bridgehead atoms. The average molecular weight is 106 g/mol. The van der Waals surface area contributed by atoms with Crippen LogP contribution in [0.15, 0.2) is 16.8 Å². The van der Waals surface area contributed by atoms with Crippen LogP contribution >= 0.6 is 0 Å². The minimum atomic E-state index is 0.741. The van der Waals surface area contributed by atoms with Crippen LogP contribution in [-0.4, -0.2) is 9.56 Å². The van der Waals surface area contributed by atoms with Crippen LogP contribution in [0.5, 0.6) is 0 Å². The molecule has 38 valence electrons. The molecule has 2 heterocycles. The van der Waals surface area contributed by atoms with Crippen molar-refractivity contribution in [2.75, 3.05) is 0 Å². The number of rotatable bonds is 0. The molecule has 2 rings (SSSR count). The van der Waals surface area contributed by atoms with E-state index in [4.69, 9.17) is 4.52 Å². The third-order valence-electron chi connectivity index (χ3n) is 0.919. The van der Waals surface area contributed by atoms with Gasteiger partial charge in [0.15, 0.2) is 5.65 Å². The fourth-order valence-electron chi connectivity index (χ4n) is 0.568. The first-order valence-corrected chi connectivity index (χ1v) is 2.18. The monoisotopic (exact) mass is 106 g/mol. The third-order valence-corrected chi connectivity index (χ3v) is 0.919. The van der Waals surface area contributed by atoms with Gasteiger partial charge in [-0.05, 0) is 0 Å². The summed E-state index contributed by atoms with van der Waals surface area (Å²) in [5.74, 6) is 0. The Morgan fingerprint density at radius 3 is 3.62 bits per heavy atom. The van der Waals surface area contributed by atoms with Crippen molar-refractivity contribution in [2.24, 2.45) is 0 Å². The maximum atomic E-state index is 4.76. The molecule has 0 aliphatic heterocycles. The summed E-state index contributed by atoms with van der Waals surface area (Å²) in [4.78, 5) is 3.79. The second kappa shape index (κ2) is 1.12. The minimum Gasteiger partial charge on any atom is -0.369 e. The van der Waals surface area contributed by atoms with Gasteiger partial charge in [0.05, 0.1) is 6.20 Å². The summed E-state index contributed by atoms with van der Waals surface area (Å²) in [5, 5.41) is 0. The van der Waals surface area contributed by atoms with Crippen LogP contribution in [0, 0.1) is 12.5 Å². The topological polar surface area (TPSA) is 30.4 Å². The zero-order valence-corrected chi connectivity index (χ0v) is 3.96. The summed E-state index contributed by atoms with van der Waals surface area (Å²) in [5.41, 5.74) is 0.741. The Bertz CT molecular complexity index is 232. The Morgan fingerprint density at radius 2 is 2.75 bits per heavy atom. The van der Waals surface area contributed by atoms with Crippen molar-refractivity contribution in [1.82, 2.24) is 9.56 Å². The largest absolute Gasteiger partial charge is 0.369 e. The first kappa shape index (κ1) is 3.72. The Hall–Kier alpha value is -1.25. The van der Waals surface area contributed by atoms with Gasteiger partial charge in [0.2, 0.25) is 6.26 Å². The lowest BCUT2D eigenvalue weighted by Crippen LogP contribution is -1.67. The highest BCUT2D eigenvalue weighted by Gasteiger charge is 1.91. The highest BCUT2D eigenvalue weighted by molar-refractivity contribution is 5.32. The number of hydrogen-bond acceptors (Lipinski definition) is 2. The van der Waals surface area contributed by atoms with Gasteiger partial charge in [-0.3, -0.25) is 0 Å². The Labute approximate surface area is 45.5 Å². The minimum absolute atomic E-state index is 0.741. The van der Waals surface area contributed by atoms with Gasteiger partial charge >= 0.3 is 0 Å².